The highest BCUT2D eigenvalue weighted by Crippen LogP contribution is 2.57. The second-order valence-corrected chi connectivity index (χ2v) is 10.4. The lowest BCUT2D eigenvalue weighted by Crippen LogP contribution is -2.49. The number of carbonyl (C=O) groups excluding carboxylic acids is 2. The van der Waals surface area contributed by atoms with Gasteiger partial charge in [-0.1, -0.05) is 70.6 Å². The van der Waals surface area contributed by atoms with Gasteiger partial charge in [0.05, 0.1) is 6.04 Å². The third-order valence-corrected chi connectivity index (χ3v) is 7.38. The van der Waals surface area contributed by atoms with Crippen LogP contribution in [0.1, 0.15) is 79.1 Å². The van der Waals surface area contributed by atoms with Gasteiger partial charge in [0.25, 0.3) is 0 Å². The van der Waals surface area contributed by atoms with Gasteiger partial charge in [-0.25, -0.2) is 0 Å². The van der Waals surface area contributed by atoms with E-state index in [0.29, 0.717) is 18.9 Å². The maximum Gasteiger partial charge on any atom is 0.244 e. The summed E-state index contributed by atoms with van der Waals surface area (Å²) in [5.41, 5.74) is 0.368. The molecule has 1 aliphatic carbocycles. The van der Waals surface area contributed by atoms with E-state index >= 15 is 0 Å². The van der Waals surface area contributed by atoms with Crippen LogP contribution in [-0.4, -0.2) is 60.6 Å². The van der Waals surface area contributed by atoms with Gasteiger partial charge < -0.3 is 24.3 Å². The fraction of sp³-hybridized carbons (Fsp3) is 0.778. The molecule has 1 spiro atoms. The predicted octanol–water partition coefficient (Wildman–Crippen LogP) is 4.00. The number of rotatable bonds is 13. The number of carbonyl (C=O) groups is 2. The highest BCUT2D eigenvalue weighted by Gasteiger charge is 2.79. The van der Waals surface area contributed by atoms with Crippen LogP contribution < -0.4 is 5.32 Å². The Balaban J connectivity index is 1.33. The molecule has 3 aliphatic heterocycles. The van der Waals surface area contributed by atoms with Crippen LogP contribution >= 0.6 is 0 Å². The van der Waals surface area contributed by atoms with Crippen molar-refractivity contribution < 1.29 is 28.5 Å². The molecule has 7 unspecified atom stereocenters. The molecule has 0 aromatic rings. The molecule has 34 heavy (non-hydrogen) atoms. The van der Waals surface area contributed by atoms with Gasteiger partial charge in [-0.3, -0.25) is 9.59 Å². The highest BCUT2D eigenvalue weighted by atomic mass is 16.7. The topological polar surface area (TPSA) is 89.7 Å². The van der Waals surface area contributed by atoms with Crippen molar-refractivity contribution in [1.82, 2.24) is 5.32 Å². The number of nitrogens with one attached hydrogen (secondary N) is 1. The summed E-state index contributed by atoms with van der Waals surface area (Å²) in [4.78, 5) is 25.0. The number of amides is 1. The maximum absolute atomic E-state index is 12.8. The highest BCUT2D eigenvalue weighted by molar-refractivity contribution is 5.94. The fourth-order valence-electron chi connectivity index (χ4n) is 5.41. The quantitative estimate of drug-likeness (QED) is 0.187. The molecule has 3 heterocycles. The largest absolute Gasteiger partial charge is 0.358 e. The number of allylic oxidation sites excluding steroid dienone is 3. The molecule has 4 fully saturated rings. The van der Waals surface area contributed by atoms with E-state index in [4.69, 9.17) is 18.9 Å². The Hall–Kier alpha value is -1.54. The van der Waals surface area contributed by atoms with E-state index in [0.717, 1.165) is 18.4 Å². The van der Waals surface area contributed by atoms with Crippen LogP contribution in [0.25, 0.3) is 0 Å². The van der Waals surface area contributed by atoms with Crippen LogP contribution in [-0.2, 0) is 28.5 Å². The molecular formula is C27H41NO6. The lowest BCUT2D eigenvalue weighted by atomic mass is 9.81. The lowest BCUT2D eigenvalue weighted by molar-refractivity contribution is -0.186. The van der Waals surface area contributed by atoms with E-state index in [1.165, 1.54) is 32.1 Å². The smallest absolute Gasteiger partial charge is 0.244 e. The van der Waals surface area contributed by atoms with Gasteiger partial charge in [-0.2, -0.15) is 0 Å². The zero-order chi connectivity index (χ0) is 24.3. The Bertz CT molecular complexity index is 787. The van der Waals surface area contributed by atoms with Gasteiger partial charge in [-0.05, 0) is 25.7 Å². The van der Waals surface area contributed by atoms with Crippen molar-refractivity contribution in [3.05, 3.63) is 23.8 Å². The first kappa shape index (κ1) is 25.5. The van der Waals surface area contributed by atoms with Gasteiger partial charge in [-0.15, -0.1) is 0 Å². The first-order valence-corrected chi connectivity index (χ1v) is 13.2. The van der Waals surface area contributed by atoms with E-state index in [1.807, 2.05) is 13.0 Å². The normalized spacial score (nSPS) is 37.1. The third-order valence-electron chi connectivity index (χ3n) is 7.38. The summed E-state index contributed by atoms with van der Waals surface area (Å²) in [6.07, 6.45) is 12.3. The van der Waals surface area contributed by atoms with E-state index < -0.39 is 24.1 Å². The van der Waals surface area contributed by atoms with Gasteiger partial charge >= 0.3 is 0 Å². The van der Waals surface area contributed by atoms with Crippen LogP contribution in [0.3, 0.4) is 0 Å². The summed E-state index contributed by atoms with van der Waals surface area (Å²) < 4.78 is 23.7. The number of epoxide rings is 2. The average molecular weight is 476 g/mol. The number of Topliss-reactive ketones (excluding diaryl/α,β-unsaturated/α-hetero) is 1. The van der Waals surface area contributed by atoms with Crippen molar-refractivity contribution in [2.75, 3.05) is 6.61 Å². The van der Waals surface area contributed by atoms with Crippen LogP contribution in [0.2, 0.25) is 0 Å². The monoisotopic (exact) mass is 475 g/mol. The molecule has 1 saturated carbocycles. The van der Waals surface area contributed by atoms with E-state index in [2.05, 4.69) is 32.2 Å². The molecule has 0 radical (unpaired) electrons. The Kier molecular flexibility index (Phi) is 8.28. The molecule has 1 N–H and O–H groups in total. The van der Waals surface area contributed by atoms with Crippen LogP contribution in [0, 0.1) is 5.92 Å². The van der Waals surface area contributed by atoms with Crippen molar-refractivity contribution >= 4 is 11.7 Å². The van der Waals surface area contributed by atoms with Gasteiger partial charge in [0, 0.05) is 19.1 Å². The minimum Gasteiger partial charge on any atom is -0.358 e. The summed E-state index contributed by atoms with van der Waals surface area (Å²) >= 11 is 0. The maximum atomic E-state index is 12.8. The molecule has 0 bridgehead atoms. The van der Waals surface area contributed by atoms with E-state index in [1.54, 1.807) is 6.08 Å². The van der Waals surface area contributed by atoms with Crippen LogP contribution in [0.4, 0.5) is 0 Å². The Morgan fingerprint density at radius 2 is 1.82 bits per heavy atom. The minimum absolute atomic E-state index is 0.0185. The van der Waals surface area contributed by atoms with Crippen molar-refractivity contribution in [2.24, 2.45) is 5.92 Å². The minimum atomic E-state index is -0.717. The summed E-state index contributed by atoms with van der Waals surface area (Å²) in [7, 11) is 0. The SMILES string of the molecule is CCCCCCC(C)/C=C(C)\C=C\C(=O)NC1CC2(OC1OCCCC)C1OC1C(=O)C1OC12. The molecule has 7 atom stereocenters. The lowest BCUT2D eigenvalue weighted by Gasteiger charge is -2.27. The summed E-state index contributed by atoms with van der Waals surface area (Å²) in [6, 6.07) is -0.321. The van der Waals surface area contributed by atoms with Crippen LogP contribution in [0.15, 0.2) is 23.8 Å². The standard InChI is InChI=1S/C27H41NO6/c1-5-7-9-10-11-17(3)15-18(4)12-13-20(29)28-19-16-27(34-26(19)31-14-8-6-2)24-22(32-24)21(30)23-25(27)33-23/h12-13,15,17,19,22-26H,5-11,14,16H2,1-4H3,(H,28,29)/b13-12+,18-15-. The first-order valence-electron chi connectivity index (χ1n) is 13.2. The fourth-order valence-corrected chi connectivity index (χ4v) is 5.41. The molecule has 0 aromatic carbocycles. The van der Waals surface area contributed by atoms with Crippen LogP contribution in [0.5, 0.6) is 0 Å². The molecule has 4 rings (SSSR count). The first-order chi connectivity index (χ1) is 16.4. The average Bonchev–Trinajstić information content (AvgIpc) is 3.72. The Morgan fingerprint density at radius 1 is 1.12 bits per heavy atom. The number of hydrogen-bond acceptors (Lipinski definition) is 6. The van der Waals surface area contributed by atoms with Crippen molar-refractivity contribution in [2.45, 2.75) is 121 Å². The van der Waals surface area contributed by atoms with E-state index in [9.17, 15) is 9.59 Å². The Labute approximate surface area is 203 Å². The molecule has 3 saturated heterocycles. The van der Waals surface area contributed by atoms with Gasteiger partial charge in [0.2, 0.25) is 5.91 Å². The van der Waals surface area contributed by atoms with Crippen molar-refractivity contribution in [3.8, 4) is 0 Å². The number of unbranched alkanes of at least 4 members (excludes halogenated alkanes) is 4. The summed E-state index contributed by atoms with van der Waals surface area (Å²) in [5, 5.41) is 3.07. The second kappa shape index (κ2) is 11.0. The zero-order valence-electron chi connectivity index (χ0n) is 21.1. The number of ether oxygens (including phenoxy) is 4. The van der Waals surface area contributed by atoms with Gasteiger partial charge in [0.15, 0.2) is 12.1 Å². The molecule has 0 aromatic heterocycles. The van der Waals surface area contributed by atoms with E-state index in [-0.39, 0.29) is 29.9 Å². The number of ketones is 1. The Morgan fingerprint density at radius 3 is 2.50 bits per heavy atom. The molecular weight excluding hydrogens is 434 g/mol. The second-order valence-electron chi connectivity index (χ2n) is 10.4. The molecule has 190 valence electrons. The van der Waals surface area contributed by atoms with Gasteiger partial charge in [0.1, 0.15) is 30.0 Å². The summed E-state index contributed by atoms with van der Waals surface area (Å²) in [6.45, 7) is 9.14. The molecule has 7 heteroatoms. The molecule has 7 nitrogen and oxygen atoms in total. The molecule has 4 aliphatic rings. The summed E-state index contributed by atoms with van der Waals surface area (Å²) in [5.74, 6) is 0.340. The predicted molar refractivity (Wildman–Crippen MR) is 128 cm³/mol. The molecule has 1 amide bonds. The van der Waals surface area contributed by atoms with Crippen molar-refractivity contribution in [3.63, 3.8) is 0 Å². The van der Waals surface area contributed by atoms with Crippen molar-refractivity contribution in [1.29, 1.82) is 0 Å². The zero-order valence-corrected chi connectivity index (χ0v) is 21.1. The number of hydrogen-bond donors (Lipinski definition) is 1. The number of fused-ring (bicyclic) bond motifs is 4. The third kappa shape index (κ3) is 5.64.